The van der Waals surface area contributed by atoms with Crippen LogP contribution in [0.5, 0.6) is 0 Å². The Morgan fingerprint density at radius 2 is 0.818 bits per heavy atom. The van der Waals surface area contributed by atoms with E-state index in [2.05, 4.69) is 13.8 Å². The van der Waals surface area contributed by atoms with Gasteiger partial charge in [0.25, 0.3) is 0 Å². The molecule has 0 saturated carbocycles. The van der Waals surface area contributed by atoms with Crippen molar-refractivity contribution in [1.82, 2.24) is 0 Å². The highest BCUT2D eigenvalue weighted by atomic mass is 16.5. The zero-order chi connectivity index (χ0) is 25.0. The van der Waals surface area contributed by atoms with Crippen LogP contribution in [0.15, 0.2) is 0 Å². The van der Waals surface area contributed by atoms with Crippen LogP contribution >= 0.6 is 0 Å². The molecule has 1 atom stereocenters. The summed E-state index contributed by atoms with van der Waals surface area (Å²) in [5.74, 6) is 0. The Morgan fingerprint density at radius 3 is 1.03 bits per heavy atom. The molecule has 2 N–H and O–H groups in total. The predicted octanol–water partition coefficient (Wildman–Crippen LogP) is 9.10. The van der Waals surface area contributed by atoms with Crippen molar-refractivity contribution in [2.24, 2.45) is 5.73 Å². The molecule has 0 aromatic rings. The van der Waals surface area contributed by atoms with Crippen LogP contribution in [0, 0.1) is 5.21 Å². The number of hydrogen-bond donors (Lipinski definition) is 1. The van der Waals surface area contributed by atoms with E-state index in [0.717, 1.165) is 19.6 Å². The Morgan fingerprint density at radius 1 is 0.545 bits per heavy atom. The Hall–Kier alpha value is -0.160. The lowest BCUT2D eigenvalue weighted by Gasteiger charge is -2.38. The minimum atomic E-state index is -0.392. The van der Waals surface area contributed by atoms with Gasteiger partial charge >= 0.3 is 0 Å². The van der Waals surface area contributed by atoms with E-state index in [-0.39, 0.29) is 6.17 Å². The summed E-state index contributed by atoms with van der Waals surface area (Å²) < 4.78 is 5.39. The summed E-state index contributed by atoms with van der Waals surface area (Å²) in [6.45, 7) is 8.47. The fraction of sp³-hybridized carbons (Fsp3) is 1.00. The van der Waals surface area contributed by atoms with Gasteiger partial charge in [0.15, 0.2) is 0 Å². The molecule has 4 heteroatoms. The molecule has 0 aliphatic heterocycles. The van der Waals surface area contributed by atoms with Crippen LogP contribution in [0.2, 0.25) is 0 Å². The van der Waals surface area contributed by atoms with Gasteiger partial charge in [-0.25, -0.2) is 0 Å². The molecule has 0 radical (unpaired) electrons. The fourth-order valence-electron chi connectivity index (χ4n) is 3.92. The summed E-state index contributed by atoms with van der Waals surface area (Å²) in [5, 5.41) is 10.8. The molecule has 0 aromatic heterocycles. The maximum Gasteiger partial charge on any atom is 0.139 e. The number of nitrogens with zero attached hydrogens (tertiary/aromatic N) is 1. The van der Waals surface area contributed by atoms with Crippen molar-refractivity contribution in [3.8, 4) is 0 Å². The van der Waals surface area contributed by atoms with Crippen LogP contribution in [-0.4, -0.2) is 38.1 Å². The molecule has 0 heterocycles. The van der Waals surface area contributed by atoms with Crippen molar-refractivity contribution >= 4 is 0 Å². The Labute approximate surface area is 209 Å². The first-order chi connectivity index (χ1) is 15.9. The Kier molecular flexibility index (Phi) is 29.8. The average molecular weight is 473 g/mol. The quantitative estimate of drug-likeness (QED) is 0.0659. The highest BCUT2D eigenvalue weighted by Crippen LogP contribution is 2.12. The third-order valence-corrected chi connectivity index (χ3v) is 6.50. The van der Waals surface area contributed by atoms with Crippen LogP contribution < -0.4 is 5.73 Å². The number of unbranched alkanes of at least 4 members (excludes halogenated alkanes) is 18. The van der Waals surface area contributed by atoms with Gasteiger partial charge in [0.05, 0.1) is 14.1 Å². The molecule has 0 bridgehead atoms. The molecule has 0 saturated heterocycles. The van der Waals surface area contributed by atoms with Gasteiger partial charge in [-0.15, -0.1) is 0 Å². The van der Waals surface area contributed by atoms with Crippen LogP contribution in [-0.2, 0) is 4.74 Å². The third kappa shape index (κ3) is 31.8. The molecule has 4 nitrogen and oxygen atoms in total. The Balaban J connectivity index is 0. The van der Waals surface area contributed by atoms with Gasteiger partial charge in [0.2, 0.25) is 0 Å². The maximum atomic E-state index is 10.8. The molecular weight excluding hydrogens is 408 g/mol. The van der Waals surface area contributed by atoms with Crippen molar-refractivity contribution in [3.63, 3.8) is 0 Å². The molecule has 0 spiro atoms. The minimum Gasteiger partial charge on any atom is -0.632 e. The van der Waals surface area contributed by atoms with Gasteiger partial charge in [-0.05, 0) is 12.8 Å². The van der Waals surface area contributed by atoms with Gasteiger partial charge in [-0.1, -0.05) is 136 Å². The number of rotatable bonds is 24. The van der Waals surface area contributed by atoms with Crippen LogP contribution in [0.25, 0.3) is 0 Å². The maximum absolute atomic E-state index is 10.8. The molecule has 0 aliphatic carbocycles. The molecule has 0 amide bonds. The van der Waals surface area contributed by atoms with Crippen molar-refractivity contribution in [2.45, 2.75) is 162 Å². The summed E-state index contributed by atoms with van der Waals surface area (Å²) in [7, 11) is 3.10. The SMILES string of the molecule is CCC(N)[N+](C)(C)[O-].CCCCCCCCCCCCOCCCCCCCCCCCC. The molecule has 1 unspecified atom stereocenters. The van der Waals surface area contributed by atoms with Gasteiger partial charge < -0.3 is 14.6 Å². The van der Waals surface area contributed by atoms with E-state index in [1.807, 2.05) is 6.92 Å². The first-order valence-corrected chi connectivity index (χ1v) is 14.8. The Bertz CT molecular complexity index is 323. The lowest BCUT2D eigenvalue weighted by molar-refractivity contribution is -0.866. The first-order valence-electron chi connectivity index (χ1n) is 14.8. The van der Waals surface area contributed by atoms with E-state index in [4.69, 9.17) is 10.5 Å². The number of quaternary nitrogens is 1. The van der Waals surface area contributed by atoms with Crippen molar-refractivity contribution in [3.05, 3.63) is 5.21 Å². The van der Waals surface area contributed by atoms with Crippen molar-refractivity contribution in [2.75, 3.05) is 27.3 Å². The van der Waals surface area contributed by atoms with Gasteiger partial charge in [-0.3, -0.25) is 5.73 Å². The largest absolute Gasteiger partial charge is 0.632 e. The van der Waals surface area contributed by atoms with Crippen LogP contribution in [0.4, 0.5) is 0 Å². The van der Waals surface area contributed by atoms with Crippen LogP contribution in [0.1, 0.15) is 156 Å². The van der Waals surface area contributed by atoms with E-state index in [1.54, 1.807) is 14.1 Å². The molecule has 0 aromatic carbocycles. The number of ether oxygens (including phenoxy) is 1. The highest BCUT2D eigenvalue weighted by Gasteiger charge is 2.10. The minimum absolute atomic E-state index is 0.269. The van der Waals surface area contributed by atoms with E-state index in [1.165, 1.54) is 128 Å². The summed E-state index contributed by atoms with van der Waals surface area (Å²) in [6.07, 6.45) is 28.6. The van der Waals surface area contributed by atoms with E-state index < -0.39 is 4.65 Å². The molecule has 0 fully saturated rings. The smallest absolute Gasteiger partial charge is 0.139 e. The second kappa shape index (κ2) is 28.1. The number of nitrogens with two attached hydrogens (primary N) is 1. The molecule has 202 valence electrons. The molecular formula is C29H64N2O2. The van der Waals surface area contributed by atoms with Crippen molar-refractivity contribution in [1.29, 1.82) is 0 Å². The first kappa shape index (κ1) is 35.0. The predicted molar refractivity (Wildman–Crippen MR) is 148 cm³/mol. The number of hydrogen-bond acceptors (Lipinski definition) is 3. The van der Waals surface area contributed by atoms with E-state index in [0.29, 0.717) is 0 Å². The lowest BCUT2D eigenvalue weighted by Crippen LogP contribution is -2.48. The summed E-state index contributed by atoms with van der Waals surface area (Å²) >= 11 is 0. The summed E-state index contributed by atoms with van der Waals surface area (Å²) in [6, 6.07) is 0. The monoisotopic (exact) mass is 472 g/mol. The number of hydroxylamine groups is 3. The summed E-state index contributed by atoms with van der Waals surface area (Å²) in [5.41, 5.74) is 5.41. The van der Waals surface area contributed by atoms with E-state index >= 15 is 0 Å². The molecule has 0 aliphatic rings. The normalized spacial score (nSPS) is 12.5. The lowest BCUT2D eigenvalue weighted by atomic mass is 10.1. The zero-order valence-corrected chi connectivity index (χ0v) is 23.7. The van der Waals surface area contributed by atoms with Crippen LogP contribution in [0.3, 0.4) is 0 Å². The standard InChI is InChI=1S/C24H50O.C5H14N2O/c1-3-5-7-9-11-13-15-17-19-21-23-25-24-22-20-18-16-14-12-10-8-6-4-2;1-4-5(6)7(2,3)8/h3-24H2,1-2H3;5H,4,6H2,1-3H3. The molecule has 33 heavy (non-hydrogen) atoms. The zero-order valence-electron chi connectivity index (χ0n) is 23.7. The average Bonchev–Trinajstić information content (AvgIpc) is 2.79. The highest BCUT2D eigenvalue weighted by molar-refractivity contribution is 4.49. The van der Waals surface area contributed by atoms with Gasteiger partial charge in [0, 0.05) is 19.6 Å². The topological polar surface area (TPSA) is 58.3 Å². The van der Waals surface area contributed by atoms with Gasteiger partial charge in [-0.2, -0.15) is 0 Å². The van der Waals surface area contributed by atoms with E-state index in [9.17, 15) is 5.21 Å². The summed E-state index contributed by atoms with van der Waals surface area (Å²) in [4.78, 5) is 0. The third-order valence-electron chi connectivity index (χ3n) is 6.50. The second-order valence-corrected chi connectivity index (χ2v) is 10.4. The van der Waals surface area contributed by atoms with Crippen molar-refractivity contribution < 1.29 is 9.38 Å². The second-order valence-electron chi connectivity index (χ2n) is 10.4. The fourth-order valence-corrected chi connectivity index (χ4v) is 3.92. The molecule has 0 rings (SSSR count). The van der Waals surface area contributed by atoms with Gasteiger partial charge in [0.1, 0.15) is 6.17 Å².